The van der Waals surface area contributed by atoms with Gasteiger partial charge in [-0.1, -0.05) is 13.8 Å². The van der Waals surface area contributed by atoms with Crippen LogP contribution in [0.15, 0.2) is 36.9 Å². The van der Waals surface area contributed by atoms with Crippen molar-refractivity contribution < 1.29 is 0 Å². The molecule has 2 aromatic rings. The molecule has 5 heteroatoms. The Morgan fingerprint density at radius 3 is 2.60 bits per heavy atom. The van der Waals surface area contributed by atoms with Gasteiger partial charge in [-0.2, -0.15) is 0 Å². The first-order valence-corrected chi connectivity index (χ1v) is 6.79. The number of pyridine rings is 1. The fraction of sp³-hybridized carbons (Fsp3) is 0.400. The Balaban J connectivity index is 2.02. The minimum atomic E-state index is 0.440. The Kier molecular flexibility index (Phi) is 5.01. The molecule has 0 atom stereocenters. The van der Waals surface area contributed by atoms with Crippen LogP contribution in [0.1, 0.15) is 25.1 Å². The topological polar surface area (TPSA) is 53.9 Å². The molecule has 106 valence electrons. The third-order valence-electron chi connectivity index (χ3n) is 2.92. The van der Waals surface area contributed by atoms with Gasteiger partial charge in [-0.05, 0) is 17.7 Å². The molecule has 1 N–H and O–H groups in total. The highest BCUT2D eigenvalue weighted by atomic mass is 15.2. The minimum Gasteiger partial charge on any atom is -0.354 e. The Morgan fingerprint density at radius 1 is 1.15 bits per heavy atom. The molecule has 0 fully saturated rings. The van der Waals surface area contributed by atoms with Crippen LogP contribution >= 0.6 is 0 Å². The van der Waals surface area contributed by atoms with Crippen molar-refractivity contribution in [2.45, 2.75) is 33.0 Å². The maximum Gasteiger partial charge on any atom is 0.147 e. The van der Waals surface area contributed by atoms with Gasteiger partial charge in [-0.3, -0.25) is 9.97 Å². The number of hydrogen-bond acceptors (Lipinski definition) is 5. The Hall–Kier alpha value is -2.01. The van der Waals surface area contributed by atoms with Crippen molar-refractivity contribution in [3.8, 4) is 0 Å². The minimum absolute atomic E-state index is 0.440. The summed E-state index contributed by atoms with van der Waals surface area (Å²) in [4.78, 5) is 15.0. The molecule has 0 aliphatic rings. The van der Waals surface area contributed by atoms with Gasteiger partial charge in [-0.25, -0.2) is 4.98 Å². The summed E-state index contributed by atoms with van der Waals surface area (Å²) in [6, 6.07) is 4.46. The van der Waals surface area contributed by atoms with E-state index in [1.54, 1.807) is 24.8 Å². The van der Waals surface area contributed by atoms with Crippen LogP contribution < -0.4 is 10.2 Å². The Labute approximate surface area is 120 Å². The van der Waals surface area contributed by atoms with Crippen molar-refractivity contribution >= 4 is 5.82 Å². The van der Waals surface area contributed by atoms with Crippen molar-refractivity contribution in [2.24, 2.45) is 0 Å². The summed E-state index contributed by atoms with van der Waals surface area (Å²) in [6.07, 6.45) is 7.20. The smallest absolute Gasteiger partial charge is 0.147 e. The van der Waals surface area contributed by atoms with Gasteiger partial charge in [0.15, 0.2) is 0 Å². The largest absolute Gasteiger partial charge is 0.354 e. The number of anilines is 1. The van der Waals surface area contributed by atoms with Crippen LogP contribution in [0, 0.1) is 0 Å². The summed E-state index contributed by atoms with van der Waals surface area (Å²) < 4.78 is 0. The lowest BCUT2D eigenvalue weighted by Gasteiger charge is -2.18. The zero-order chi connectivity index (χ0) is 14.4. The SMILES string of the molecule is CC(C)NCc1cncc(N(C)Cc2ccncc2)n1. The van der Waals surface area contributed by atoms with Crippen LogP contribution in [0.5, 0.6) is 0 Å². The Morgan fingerprint density at radius 2 is 1.90 bits per heavy atom. The van der Waals surface area contributed by atoms with Crippen molar-refractivity contribution in [3.05, 3.63) is 48.2 Å². The molecular formula is C15H21N5. The zero-order valence-electron chi connectivity index (χ0n) is 12.2. The van der Waals surface area contributed by atoms with Crippen molar-refractivity contribution in [3.63, 3.8) is 0 Å². The predicted molar refractivity (Wildman–Crippen MR) is 80.4 cm³/mol. The second kappa shape index (κ2) is 6.96. The fourth-order valence-corrected chi connectivity index (χ4v) is 1.82. The lowest BCUT2D eigenvalue weighted by Crippen LogP contribution is -2.23. The third-order valence-corrected chi connectivity index (χ3v) is 2.92. The number of nitrogens with zero attached hydrogens (tertiary/aromatic N) is 4. The normalized spacial score (nSPS) is 10.8. The van der Waals surface area contributed by atoms with Gasteiger partial charge in [0, 0.05) is 44.8 Å². The van der Waals surface area contributed by atoms with Gasteiger partial charge in [0.25, 0.3) is 0 Å². The number of nitrogens with one attached hydrogen (secondary N) is 1. The maximum absolute atomic E-state index is 4.63. The van der Waals surface area contributed by atoms with Crippen LogP contribution in [0.25, 0.3) is 0 Å². The quantitative estimate of drug-likeness (QED) is 0.871. The van der Waals surface area contributed by atoms with E-state index in [4.69, 9.17) is 0 Å². The van der Waals surface area contributed by atoms with E-state index in [-0.39, 0.29) is 0 Å². The van der Waals surface area contributed by atoms with E-state index in [1.807, 2.05) is 19.2 Å². The van der Waals surface area contributed by atoms with Gasteiger partial charge in [0.05, 0.1) is 11.9 Å². The summed E-state index contributed by atoms with van der Waals surface area (Å²) in [6.45, 7) is 5.76. The van der Waals surface area contributed by atoms with Crippen molar-refractivity contribution in [1.29, 1.82) is 0 Å². The van der Waals surface area contributed by atoms with E-state index in [0.29, 0.717) is 6.04 Å². The number of hydrogen-bond donors (Lipinski definition) is 1. The first-order chi connectivity index (χ1) is 9.65. The van der Waals surface area contributed by atoms with Crippen LogP contribution in [0.4, 0.5) is 5.82 Å². The third kappa shape index (κ3) is 4.28. The zero-order valence-corrected chi connectivity index (χ0v) is 12.2. The molecule has 2 heterocycles. The van der Waals surface area contributed by atoms with E-state index in [2.05, 4.69) is 39.0 Å². The van der Waals surface area contributed by atoms with Crippen LogP contribution in [0.2, 0.25) is 0 Å². The molecule has 0 radical (unpaired) electrons. The summed E-state index contributed by atoms with van der Waals surface area (Å²) in [7, 11) is 2.02. The molecule has 0 unspecified atom stereocenters. The van der Waals surface area contributed by atoms with E-state index in [9.17, 15) is 0 Å². The summed E-state index contributed by atoms with van der Waals surface area (Å²) in [5, 5.41) is 3.35. The molecule has 0 aliphatic carbocycles. The molecular weight excluding hydrogens is 250 g/mol. The molecule has 0 spiro atoms. The standard InChI is InChI=1S/C15H21N5/c1-12(2)18-9-14-8-17-10-15(19-14)20(3)11-13-4-6-16-7-5-13/h4-8,10,12,18H,9,11H2,1-3H3. The number of rotatable bonds is 6. The van der Waals surface area contributed by atoms with Crippen molar-refractivity contribution in [1.82, 2.24) is 20.3 Å². The van der Waals surface area contributed by atoms with Gasteiger partial charge in [0.1, 0.15) is 5.82 Å². The fourth-order valence-electron chi connectivity index (χ4n) is 1.82. The van der Waals surface area contributed by atoms with Gasteiger partial charge in [-0.15, -0.1) is 0 Å². The molecule has 0 bridgehead atoms. The van der Waals surface area contributed by atoms with Gasteiger partial charge >= 0.3 is 0 Å². The van der Waals surface area contributed by atoms with Gasteiger partial charge in [0.2, 0.25) is 0 Å². The summed E-state index contributed by atoms with van der Waals surface area (Å²) in [5.74, 6) is 0.880. The predicted octanol–water partition coefficient (Wildman–Crippen LogP) is 2.01. The van der Waals surface area contributed by atoms with Crippen molar-refractivity contribution in [2.75, 3.05) is 11.9 Å². The van der Waals surface area contributed by atoms with E-state index in [1.165, 1.54) is 5.56 Å². The molecule has 0 saturated carbocycles. The van der Waals surface area contributed by atoms with E-state index >= 15 is 0 Å². The number of aromatic nitrogens is 3. The average Bonchev–Trinajstić information content (AvgIpc) is 2.46. The summed E-state index contributed by atoms with van der Waals surface area (Å²) in [5.41, 5.74) is 2.16. The molecule has 2 rings (SSSR count). The monoisotopic (exact) mass is 271 g/mol. The van der Waals surface area contributed by atoms with Crippen LogP contribution in [-0.2, 0) is 13.1 Å². The highest BCUT2D eigenvalue weighted by Crippen LogP contribution is 2.11. The molecule has 0 amide bonds. The average molecular weight is 271 g/mol. The molecule has 0 aliphatic heterocycles. The summed E-state index contributed by atoms with van der Waals surface area (Å²) >= 11 is 0. The van der Waals surface area contributed by atoms with Gasteiger partial charge < -0.3 is 10.2 Å². The van der Waals surface area contributed by atoms with Crippen LogP contribution in [0.3, 0.4) is 0 Å². The van der Waals surface area contributed by atoms with E-state index < -0.39 is 0 Å². The second-order valence-electron chi connectivity index (χ2n) is 5.12. The van der Waals surface area contributed by atoms with E-state index in [0.717, 1.165) is 24.6 Å². The maximum atomic E-state index is 4.63. The van der Waals surface area contributed by atoms with Crippen LogP contribution in [-0.4, -0.2) is 28.0 Å². The Bertz CT molecular complexity index is 527. The molecule has 0 saturated heterocycles. The second-order valence-corrected chi connectivity index (χ2v) is 5.12. The molecule has 20 heavy (non-hydrogen) atoms. The molecule has 0 aromatic carbocycles. The highest BCUT2D eigenvalue weighted by molar-refractivity contribution is 5.36. The highest BCUT2D eigenvalue weighted by Gasteiger charge is 2.06. The lowest BCUT2D eigenvalue weighted by atomic mass is 10.2. The first kappa shape index (κ1) is 14.4. The first-order valence-electron chi connectivity index (χ1n) is 6.79. The molecule has 2 aromatic heterocycles. The molecule has 5 nitrogen and oxygen atoms in total. The lowest BCUT2D eigenvalue weighted by molar-refractivity contribution is 0.580.